The monoisotopic (exact) mass is 364 g/mol. The van der Waals surface area contributed by atoms with Gasteiger partial charge in [0, 0.05) is 30.6 Å². The molecule has 1 amide bonds. The van der Waals surface area contributed by atoms with Crippen molar-refractivity contribution in [2.75, 3.05) is 20.1 Å². The summed E-state index contributed by atoms with van der Waals surface area (Å²) in [6.07, 6.45) is 5.23. The third kappa shape index (κ3) is 3.43. The van der Waals surface area contributed by atoms with Gasteiger partial charge in [-0.15, -0.1) is 0 Å². The van der Waals surface area contributed by atoms with E-state index in [1.54, 1.807) is 6.07 Å². The predicted molar refractivity (Wildman–Crippen MR) is 97.3 cm³/mol. The summed E-state index contributed by atoms with van der Waals surface area (Å²) in [6, 6.07) is 5.99. The maximum atomic E-state index is 15.2. The van der Waals surface area contributed by atoms with Crippen LogP contribution in [-0.2, 0) is 17.0 Å². The van der Waals surface area contributed by atoms with Crippen molar-refractivity contribution in [2.45, 2.75) is 56.8 Å². The molecule has 3 aliphatic rings. The van der Waals surface area contributed by atoms with Crippen molar-refractivity contribution >= 4 is 17.5 Å². The molecule has 1 heterocycles. The van der Waals surface area contributed by atoms with E-state index in [2.05, 4.69) is 4.90 Å². The molecule has 0 atom stereocenters. The zero-order valence-corrected chi connectivity index (χ0v) is 15.6. The minimum Gasteiger partial charge on any atom is -0.343 e. The summed E-state index contributed by atoms with van der Waals surface area (Å²) in [6.45, 7) is 3.07. The van der Waals surface area contributed by atoms with Crippen LogP contribution in [0.2, 0.25) is 5.02 Å². The first kappa shape index (κ1) is 17.3. The van der Waals surface area contributed by atoms with Gasteiger partial charge in [-0.1, -0.05) is 23.7 Å². The van der Waals surface area contributed by atoms with Crippen LogP contribution in [0.4, 0.5) is 4.39 Å². The van der Waals surface area contributed by atoms with Crippen molar-refractivity contribution in [2.24, 2.45) is 5.92 Å². The molecule has 1 saturated heterocycles. The van der Waals surface area contributed by atoms with Gasteiger partial charge in [-0.3, -0.25) is 9.69 Å². The number of carbonyl (C=O) groups is 1. The fourth-order valence-electron chi connectivity index (χ4n) is 4.20. The van der Waals surface area contributed by atoms with Crippen molar-refractivity contribution in [1.29, 1.82) is 0 Å². The molecule has 3 nitrogen and oxygen atoms in total. The van der Waals surface area contributed by atoms with Crippen molar-refractivity contribution in [3.63, 3.8) is 0 Å². The molecule has 5 heteroatoms. The second-order valence-corrected chi connectivity index (χ2v) is 8.45. The summed E-state index contributed by atoms with van der Waals surface area (Å²) in [4.78, 5) is 16.6. The highest BCUT2D eigenvalue weighted by Gasteiger charge is 2.51. The van der Waals surface area contributed by atoms with Crippen LogP contribution in [0.5, 0.6) is 0 Å². The molecule has 0 bridgehead atoms. The van der Waals surface area contributed by atoms with Gasteiger partial charge in [0.25, 0.3) is 0 Å². The Balaban J connectivity index is 1.40. The van der Waals surface area contributed by atoms with Crippen LogP contribution in [0.1, 0.15) is 49.7 Å². The smallest absolute Gasteiger partial charge is 0.225 e. The third-order valence-electron chi connectivity index (χ3n) is 6.09. The molecule has 0 spiro atoms. The SMILES string of the molecule is CN(C(=O)C1CC(F)(c2ccc(CN3CCCC3)c(Cl)c2)C1)C1CC1. The van der Waals surface area contributed by atoms with Gasteiger partial charge < -0.3 is 4.90 Å². The van der Waals surface area contributed by atoms with E-state index in [0.717, 1.165) is 38.0 Å². The zero-order chi connectivity index (χ0) is 17.6. The summed E-state index contributed by atoms with van der Waals surface area (Å²) >= 11 is 6.43. The molecule has 25 heavy (non-hydrogen) atoms. The van der Waals surface area contributed by atoms with Gasteiger partial charge in [0.2, 0.25) is 5.91 Å². The average Bonchev–Trinajstić information content (AvgIpc) is 3.30. The van der Waals surface area contributed by atoms with Crippen LogP contribution in [0.25, 0.3) is 0 Å². The van der Waals surface area contributed by atoms with Crippen molar-refractivity contribution in [3.05, 3.63) is 34.3 Å². The fraction of sp³-hybridized carbons (Fsp3) is 0.650. The number of benzene rings is 1. The molecule has 0 radical (unpaired) electrons. The standard InChI is InChI=1S/C20H26ClFN2O/c1-23(17-6-7-17)19(25)15-11-20(22,12-15)16-5-4-14(18(21)10-16)13-24-8-2-3-9-24/h4-5,10,15,17H,2-3,6-9,11-13H2,1H3. The van der Waals surface area contributed by atoms with Gasteiger partial charge in [-0.05, 0) is 68.8 Å². The van der Waals surface area contributed by atoms with Crippen LogP contribution < -0.4 is 0 Å². The van der Waals surface area contributed by atoms with Gasteiger partial charge >= 0.3 is 0 Å². The summed E-state index contributed by atoms with van der Waals surface area (Å²) in [7, 11) is 1.85. The number of hydrogen-bond acceptors (Lipinski definition) is 2. The Bertz CT molecular complexity index is 664. The summed E-state index contributed by atoms with van der Waals surface area (Å²) in [5.74, 6) is -0.0776. The molecule has 4 rings (SSSR count). The molecule has 2 saturated carbocycles. The molecule has 2 aliphatic carbocycles. The second-order valence-electron chi connectivity index (χ2n) is 8.04. The molecule has 0 unspecified atom stereocenters. The Kier molecular flexibility index (Phi) is 4.53. The average molecular weight is 365 g/mol. The van der Waals surface area contributed by atoms with Gasteiger partial charge in [0.05, 0.1) is 0 Å². The largest absolute Gasteiger partial charge is 0.343 e. The number of likely N-dealkylation sites (tertiary alicyclic amines) is 1. The summed E-state index contributed by atoms with van der Waals surface area (Å²) < 4.78 is 15.2. The maximum Gasteiger partial charge on any atom is 0.225 e. The van der Waals surface area contributed by atoms with Gasteiger partial charge in [-0.2, -0.15) is 0 Å². The number of hydrogen-bond donors (Lipinski definition) is 0. The van der Waals surface area contributed by atoms with Crippen LogP contribution >= 0.6 is 11.6 Å². The number of amides is 1. The number of carbonyl (C=O) groups excluding carboxylic acids is 1. The number of halogens is 2. The molecule has 1 aliphatic heterocycles. The lowest BCUT2D eigenvalue weighted by Crippen LogP contribution is -2.46. The Labute approximate surface area is 154 Å². The first-order valence-electron chi connectivity index (χ1n) is 9.43. The number of alkyl halides is 1. The Morgan fingerprint density at radius 2 is 2.00 bits per heavy atom. The van der Waals surface area contributed by atoms with E-state index in [0.29, 0.717) is 16.6 Å². The van der Waals surface area contributed by atoms with E-state index in [-0.39, 0.29) is 24.7 Å². The molecule has 3 fully saturated rings. The summed E-state index contributed by atoms with van der Waals surface area (Å²) in [5.41, 5.74) is 0.290. The van der Waals surface area contributed by atoms with E-state index in [1.807, 2.05) is 24.1 Å². The Morgan fingerprint density at radius 1 is 1.32 bits per heavy atom. The molecule has 1 aromatic rings. The number of nitrogens with zero attached hydrogens (tertiary/aromatic N) is 2. The van der Waals surface area contributed by atoms with Gasteiger partial charge in [0.1, 0.15) is 5.67 Å². The van der Waals surface area contributed by atoms with E-state index < -0.39 is 5.67 Å². The van der Waals surface area contributed by atoms with Crippen LogP contribution in [0.3, 0.4) is 0 Å². The highest BCUT2D eigenvalue weighted by Crippen LogP contribution is 2.50. The minimum absolute atomic E-state index is 0.104. The first-order valence-corrected chi connectivity index (χ1v) is 9.81. The normalized spacial score (nSPS) is 29.5. The van der Waals surface area contributed by atoms with E-state index in [1.165, 1.54) is 12.8 Å². The quantitative estimate of drug-likeness (QED) is 0.784. The van der Waals surface area contributed by atoms with Crippen LogP contribution in [0.15, 0.2) is 18.2 Å². The highest BCUT2D eigenvalue weighted by molar-refractivity contribution is 6.31. The highest BCUT2D eigenvalue weighted by atomic mass is 35.5. The molecular weight excluding hydrogens is 339 g/mol. The second kappa shape index (κ2) is 6.55. The van der Waals surface area contributed by atoms with Crippen molar-refractivity contribution in [3.8, 4) is 0 Å². The van der Waals surface area contributed by atoms with Gasteiger partial charge in [-0.25, -0.2) is 4.39 Å². The van der Waals surface area contributed by atoms with Crippen LogP contribution in [0, 0.1) is 5.92 Å². The maximum absolute atomic E-state index is 15.2. The minimum atomic E-state index is -1.40. The third-order valence-corrected chi connectivity index (χ3v) is 6.45. The van der Waals surface area contributed by atoms with Crippen molar-refractivity contribution in [1.82, 2.24) is 9.80 Å². The first-order chi connectivity index (χ1) is 12.0. The Morgan fingerprint density at radius 3 is 2.60 bits per heavy atom. The lowest BCUT2D eigenvalue weighted by molar-refractivity contribution is -0.144. The van der Waals surface area contributed by atoms with E-state index in [9.17, 15) is 4.79 Å². The van der Waals surface area contributed by atoms with Crippen molar-refractivity contribution < 1.29 is 9.18 Å². The molecule has 0 aromatic heterocycles. The lowest BCUT2D eigenvalue weighted by Gasteiger charge is -2.42. The fourth-order valence-corrected chi connectivity index (χ4v) is 4.44. The molecular formula is C20H26ClFN2O. The summed E-state index contributed by atoms with van der Waals surface area (Å²) in [5, 5.41) is 0.645. The lowest BCUT2D eigenvalue weighted by atomic mass is 9.68. The molecule has 136 valence electrons. The van der Waals surface area contributed by atoms with E-state index >= 15 is 4.39 Å². The number of rotatable bonds is 5. The van der Waals surface area contributed by atoms with Gasteiger partial charge in [0.15, 0.2) is 0 Å². The Hall–Kier alpha value is -1.13. The molecule has 1 aromatic carbocycles. The molecule has 0 N–H and O–H groups in total. The topological polar surface area (TPSA) is 23.6 Å². The van der Waals surface area contributed by atoms with E-state index in [4.69, 9.17) is 11.6 Å². The zero-order valence-electron chi connectivity index (χ0n) is 14.8. The van der Waals surface area contributed by atoms with Crippen LogP contribution in [-0.4, -0.2) is 41.9 Å². The predicted octanol–water partition coefficient (Wildman–Crippen LogP) is 4.13.